The Kier molecular flexibility index (Phi) is 2.87. The summed E-state index contributed by atoms with van der Waals surface area (Å²) >= 11 is 0. The zero-order chi connectivity index (χ0) is 14.6. The van der Waals surface area contributed by atoms with Crippen LogP contribution in [0.2, 0.25) is 0 Å². The summed E-state index contributed by atoms with van der Waals surface area (Å²) in [5, 5.41) is 0. The zero-order valence-corrected chi connectivity index (χ0v) is 12.0. The second-order valence-corrected chi connectivity index (χ2v) is 6.28. The Bertz CT molecular complexity index is 512. The molecule has 6 nitrogen and oxygen atoms in total. The maximum atomic E-state index is 12.7. The molecule has 0 aromatic rings. The van der Waals surface area contributed by atoms with Crippen molar-refractivity contribution in [3.63, 3.8) is 0 Å². The van der Waals surface area contributed by atoms with Crippen LogP contribution in [0.1, 0.15) is 12.8 Å². The lowest BCUT2D eigenvalue weighted by Gasteiger charge is -2.23. The molecule has 4 heterocycles. The van der Waals surface area contributed by atoms with Crippen molar-refractivity contribution in [1.29, 1.82) is 0 Å². The predicted octanol–water partition coefficient (Wildman–Crippen LogP) is 0.120. The van der Waals surface area contributed by atoms with E-state index < -0.39 is 17.4 Å². The third kappa shape index (κ3) is 1.78. The van der Waals surface area contributed by atoms with Gasteiger partial charge < -0.3 is 19.1 Å². The Balaban J connectivity index is 1.57. The highest BCUT2D eigenvalue weighted by Gasteiger charge is 2.67. The van der Waals surface area contributed by atoms with E-state index >= 15 is 0 Å². The molecule has 0 aliphatic carbocycles. The first kappa shape index (κ1) is 13.3. The van der Waals surface area contributed by atoms with Crippen molar-refractivity contribution in [1.82, 2.24) is 4.90 Å². The van der Waals surface area contributed by atoms with E-state index in [0.717, 1.165) is 19.4 Å². The van der Waals surface area contributed by atoms with Gasteiger partial charge in [-0.3, -0.25) is 9.59 Å². The van der Waals surface area contributed by atoms with Crippen LogP contribution >= 0.6 is 0 Å². The highest BCUT2D eigenvalue weighted by molar-refractivity contribution is 5.91. The van der Waals surface area contributed by atoms with Gasteiger partial charge in [0.25, 0.3) is 0 Å². The molecule has 0 unspecified atom stereocenters. The van der Waals surface area contributed by atoms with Crippen molar-refractivity contribution >= 4 is 11.9 Å². The maximum Gasteiger partial charge on any atom is 0.312 e. The largest absolute Gasteiger partial charge is 0.469 e. The van der Waals surface area contributed by atoms with Crippen molar-refractivity contribution in [2.45, 2.75) is 30.7 Å². The number of ether oxygens (including phenoxy) is 3. The molecule has 4 rings (SSSR count). The van der Waals surface area contributed by atoms with E-state index in [9.17, 15) is 9.59 Å². The van der Waals surface area contributed by atoms with Gasteiger partial charge in [0, 0.05) is 13.2 Å². The summed E-state index contributed by atoms with van der Waals surface area (Å²) in [5.41, 5.74) is -0.640. The van der Waals surface area contributed by atoms with E-state index in [1.54, 1.807) is 4.90 Å². The molecule has 3 fully saturated rings. The molecule has 2 bridgehead atoms. The Morgan fingerprint density at radius 3 is 3.14 bits per heavy atom. The average molecular weight is 293 g/mol. The van der Waals surface area contributed by atoms with Gasteiger partial charge in [-0.2, -0.15) is 0 Å². The first-order valence-corrected chi connectivity index (χ1v) is 7.50. The number of methoxy groups -OCH3 is 1. The summed E-state index contributed by atoms with van der Waals surface area (Å²) < 4.78 is 16.4. The number of hydrogen-bond acceptors (Lipinski definition) is 5. The van der Waals surface area contributed by atoms with Gasteiger partial charge in [0.1, 0.15) is 11.5 Å². The van der Waals surface area contributed by atoms with Gasteiger partial charge in [-0.1, -0.05) is 12.2 Å². The normalized spacial score (nSPS) is 43.7. The van der Waals surface area contributed by atoms with Crippen LogP contribution in [0.3, 0.4) is 0 Å². The Morgan fingerprint density at radius 1 is 1.57 bits per heavy atom. The summed E-state index contributed by atoms with van der Waals surface area (Å²) in [4.78, 5) is 26.5. The molecule has 4 aliphatic rings. The van der Waals surface area contributed by atoms with E-state index in [2.05, 4.69) is 0 Å². The van der Waals surface area contributed by atoms with Crippen molar-refractivity contribution in [2.75, 3.05) is 26.8 Å². The van der Waals surface area contributed by atoms with Crippen LogP contribution in [0.15, 0.2) is 12.2 Å². The van der Waals surface area contributed by atoms with Gasteiger partial charge in [0.05, 0.1) is 31.8 Å². The number of rotatable bonds is 3. The standard InChI is InChI=1S/C15H19NO5/c1-19-14(18)11-10-4-5-15(21-10)8-16(13(17)12(11)15)7-9-3-2-6-20-9/h4-5,9-12H,2-3,6-8H2,1H3/t9-,10-,11-,12+,15+/m1/s1. The molecule has 3 saturated heterocycles. The van der Waals surface area contributed by atoms with Crippen LogP contribution in [0.25, 0.3) is 0 Å². The number of carbonyl (C=O) groups excluding carboxylic acids is 2. The van der Waals surface area contributed by atoms with Gasteiger partial charge in [0.2, 0.25) is 5.91 Å². The SMILES string of the molecule is COC(=O)[C@H]1[C@H]2C(=O)N(C[C@H]3CCCO3)C[C@@]23C=C[C@H]1O3. The van der Waals surface area contributed by atoms with Crippen LogP contribution in [0, 0.1) is 11.8 Å². The van der Waals surface area contributed by atoms with E-state index in [1.807, 2.05) is 12.2 Å². The lowest BCUT2D eigenvalue weighted by atomic mass is 9.77. The van der Waals surface area contributed by atoms with Gasteiger partial charge in [-0.15, -0.1) is 0 Å². The first-order valence-electron chi connectivity index (χ1n) is 7.50. The first-order chi connectivity index (χ1) is 10.1. The van der Waals surface area contributed by atoms with Crippen molar-refractivity contribution < 1.29 is 23.8 Å². The van der Waals surface area contributed by atoms with Gasteiger partial charge in [0.15, 0.2) is 0 Å². The third-order valence-corrected chi connectivity index (χ3v) is 5.10. The summed E-state index contributed by atoms with van der Waals surface area (Å²) in [6.45, 7) is 1.87. The van der Waals surface area contributed by atoms with Crippen molar-refractivity contribution in [2.24, 2.45) is 11.8 Å². The quantitative estimate of drug-likeness (QED) is 0.546. The molecule has 5 atom stereocenters. The molecule has 0 N–H and O–H groups in total. The van der Waals surface area contributed by atoms with E-state index in [-0.39, 0.29) is 24.1 Å². The number of carbonyl (C=O) groups is 2. The van der Waals surface area contributed by atoms with Crippen LogP contribution < -0.4 is 0 Å². The second-order valence-electron chi connectivity index (χ2n) is 6.28. The molecule has 0 aromatic heterocycles. The topological polar surface area (TPSA) is 65.1 Å². The fourth-order valence-corrected chi connectivity index (χ4v) is 4.17. The number of amides is 1. The molecule has 1 amide bonds. The summed E-state index contributed by atoms with van der Waals surface area (Å²) in [6, 6.07) is 0. The Morgan fingerprint density at radius 2 is 2.43 bits per heavy atom. The minimum absolute atomic E-state index is 0.00671. The number of nitrogens with zero attached hydrogens (tertiary/aromatic N) is 1. The summed E-state index contributed by atoms with van der Waals surface area (Å²) in [6.07, 6.45) is 5.67. The van der Waals surface area contributed by atoms with E-state index in [1.165, 1.54) is 7.11 Å². The highest BCUT2D eigenvalue weighted by Crippen LogP contribution is 2.52. The Hall–Kier alpha value is -1.40. The van der Waals surface area contributed by atoms with E-state index in [0.29, 0.717) is 13.1 Å². The molecule has 4 aliphatic heterocycles. The molecule has 21 heavy (non-hydrogen) atoms. The molecule has 0 aromatic carbocycles. The number of hydrogen-bond donors (Lipinski definition) is 0. The molecular weight excluding hydrogens is 274 g/mol. The number of esters is 1. The second kappa shape index (κ2) is 4.55. The van der Waals surface area contributed by atoms with Gasteiger partial charge in [-0.05, 0) is 12.8 Å². The fraction of sp³-hybridized carbons (Fsp3) is 0.733. The average Bonchev–Trinajstić information content (AvgIpc) is 3.22. The van der Waals surface area contributed by atoms with Gasteiger partial charge in [-0.25, -0.2) is 0 Å². The molecular formula is C15H19NO5. The summed E-state index contributed by atoms with van der Waals surface area (Å²) in [7, 11) is 1.36. The number of fused-ring (bicyclic) bond motifs is 1. The van der Waals surface area contributed by atoms with E-state index in [4.69, 9.17) is 14.2 Å². The van der Waals surface area contributed by atoms with Crippen LogP contribution in [-0.2, 0) is 23.8 Å². The van der Waals surface area contributed by atoms with Crippen molar-refractivity contribution in [3.05, 3.63) is 12.2 Å². The zero-order valence-electron chi connectivity index (χ0n) is 12.0. The Labute approximate surface area is 123 Å². The van der Waals surface area contributed by atoms with Crippen LogP contribution in [-0.4, -0.2) is 61.4 Å². The monoisotopic (exact) mass is 293 g/mol. The number of likely N-dealkylation sites (tertiary alicyclic amines) is 1. The lowest BCUT2D eigenvalue weighted by Crippen LogP contribution is -2.40. The summed E-state index contributed by atoms with van der Waals surface area (Å²) in [5.74, 6) is -1.32. The molecule has 114 valence electrons. The smallest absolute Gasteiger partial charge is 0.312 e. The highest BCUT2D eigenvalue weighted by atomic mass is 16.5. The van der Waals surface area contributed by atoms with Gasteiger partial charge >= 0.3 is 5.97 Å². The van der Waals surface area contributed by atoms with Crippen molar-refractivity contribution in [3.8, 4) is 0 Å². The molecule has 0 saturated carbocycles. The molecule has 1 spiro atoms. The fourth-order valence-electron chi connectivity index (χ4n) is 4.17. The molecule has 6 heteroatoms. The lowest BCUT2D eigenvalue weighted by molar-refractivity contribution is -0.151. The maximum absolute atomic E-state index is 12.7. The minimum Gasteiger partial charge on any atom is -0.469 e. The molecule has 0 radical (unpaired) electrons. The predicted molar refractivity (Wildman–Crippen MR) is 71.3 cm³/mol. The van der Waals surface area contributed by atoms with Crippen LogP contribution in [0.5, 0.6) is 0 Å². The van der Waals surface area contributed by atoms with Crippen LogP contribution in [0.4, 0.5) is 0 Å². The third-order valence-electron chi connectivity index (χ3n) is 5.10. The minimum atomic E-state index is -0.640.